The van der Waals surface area contributed by atoms with Gasteiger partial charge in [-0.1, -0.05) is 12.1 Å². The topological polar surface area (TPSA) is 84.3 Å². The third-order valence-corrected chi connectivity index (χ3v) is 2.85. The smallest absolute Gasteiger partial charge is 0.308 e. The Morgan fingerprint density at radius 3 is 2.74 bits per heavy atom. The van der Waals surface area contributed by atoms with Crippen LogP contribution in [0.1, 0.15) is 5.56 Å². The predicted molar refractivity (Wildman–Crippen MR) is 69.4 cm³/mol. The Morgan fingerprint density at radius 2 is 2.11 bits per heavy atom. The summed E-state index contributed by atoms with van der Waals surface area (Å²) in [6.45, 7) is 0. The molecule has 0 bridgehead atoms. The molecular weight excluding hydrogens is 248 g/mol. The molecular formula is C13H14N2O4. The molecule has 0 aliphatic rings. The van der Waals surface area contributed by atoms with Gasteiger partial charge in [0.25, 0.3) is 5.56 Å². The van der Waals surface area contributed by atoms with Crippen molar-refractivity contribution in [2.75, 3.05) is 7.11 Å². The first-order valence-electron chi connectivity index (χ1n) is 5.67. The minimum Gasteiger partial charge on any atom is -0.496 e. The van der Waals surface area contributed by atoms with E-state index < -0.39 is 5.97 Å². The van der Waals surface area contributed by atoms with E-state index in [9.17, 15) is 9.59 Å². The van der Waals surface area contributed by atoms with E-state index in [4.69, 9.17) is 9.84 Å². The van der Waals surface area contributed by atoms with E-state index in [0.717, 1.165) is 0 Å². The number of aromatic nitrogens is 2. The fourth-order valence-corrected chi connectivity index (χ4v) is 1.98. The number of nitrogens with one attached hydrogen (secondary N) is 1. The van der Waals surface area contributed by atoms with Crippen LogP contribution >= 0.6 is 0 Å². The van der Waals surface area contributed by atoms with Crippen molar-refractivity contribution in [3.63, 3.8) is 0 Å². The SMILES string of the molecule is COc1ccccc1-c1[nH]n(C)c(=O)c1CC(=O)O. The van der Waals surface area contributed by atoms with Gasteiger partial charge in [0.1, 0.15) is 5.75 Å². The number of ether oxygens (including phenoxy) is 1. The average molecular weight is 262 g/mol. The molecule has 0 spiro atoms. The Kier molecular flexibility index (Phi) is 3.41. The second-order valence-corrected chi connectivity index (χ2v) is 4.10. The molecule has 0 saturated carbocycles. The largest absolute Gasteiger partial charge is 0.496 e. The molecule has 0 amide bonds. The van der Waals surface area contributed by atoms with Crippen LogP contribution < -0.4 is 10.3 Å². The fourth-order valence-electron chi connectivity index (χ4n) is 1.98. The van der Waals surface area contributed by atoms with Gasteiger partial charge in [-0.05, 0) is 12.1 Å². The number of benzene rings is 1. The molecule has 1 aromatic heterocycles. The molecule has 0 fully saturated rings. The molecule has 2 rings (SSSR count). The number of hydrogen-bond donors (Lipinski definition) is 2. The van der Waals surface area contributed by atoms with E-state index in [1.54, 1.807) is 31.3 Å². The Morgan fingerprint density at radius 1 is 1.42 bits per heavy atom. The molecule has 1 aromatic carbocycles. The standard InChI is InChI=1S/C13H14N2O4/c1-15-13(18)9(7-11(16)17)12(14-15)8-5-3-4-6-10(8)19-2/h3-6,14H,7H2,1-2H3,(H,16,17). The van der Waals surface area contributed by atoms with Crippen LogP contribution in [0.2, 0.25) is 0 Å². The molecule has 1 heterocycles. The van der Waals surface area contributed by atoms with Crippen molar-refractivity contribution in [1.29, 1.82) is 0 Å². The van der Waals surface area contributed by atoms with Crippen molar-refractivity contribution in [1.82, 2.24) is 9.78 Å². The number of nitrogens with zero attached hydrogens (tertiary/aromatic N) is 1. The highest BCUT2D eigenvalue weighted by Crippen LogP contribution is 2.29. The zero-order valence-electron chi connectivity index (χ0n) is 10.6. The van der Waals surface area contributed by atoms with E-state index in [1.807, 2.05) is 0 Å². The van der Waals surface area contributed by atoms with Crippen molar-refractivity contribution in [3.05, 3.63) is 40.2 Å². The number of hydrogen-bond acceptors (Lipinski definition) is 3. The maximum absolute atomic E-state index is 11.9. The number of aryl methyl sites for hydroxylation is 1. The lowest BCUT2D eigenvalue weighted by molar-refractivity contribution is -0.136. The number of aliphatic carboxylic acids is 1. The summed E-state index contributed by atoms with van der Waals surface area (Å²) in [4.78, 5) is 22.8. The number of methoxy groups -OCH3 is 1. The van der Waals surface area contributed by atoms with Gasteiger partial charge in [0.2, 0.25) is 0 Å². The van der Waals surface area contributed by atoms with Crippen LogP contribution in [0.5, 0.6) is 5.75 Å². The Hall–Kier alpha value is -2.50. The van der Waals surface area contributed by atoms with Crippen LogP contribution in [-0.4, -0.2) is 28.0 Å². The zero-order valence-corrected chi connectivity index (χ0v) is 10.6. The highest BCUT2D eigenvalue weighted by atomic mass is 16.5. The van der Waals surface area contributed by atoms with Crippen LogP contribution in [0.3, 0.4) is 0 Å². The Balaban J connectivity index is 2.65. The molecule has 2 aromatic rings. The van der Waals surface area contributed by atoms with Gasteiger partial charge in [0.15, 0.2) is 0 Å². The molecule has 100 valence electrons. The number of rotatable bonds is 4. The van der Waals surface area contributed by atoms with E-state index in [-0.39, 0.29) is 17.5 Å². The first kappa shape index (κ1) is 12.9. The lowest BCUT2D eigenvalue weighted by Gasteiger charge is -2.07. The summed E-state index contributed by atoms with van der Waals surface area (Å²) in [7, 11) is 3.07. The van der Waals surface area contributed by atoms with Crippen molar-refractivity contribution < 1.29 is 14.6 Å². The summed E-state index contributed by atoms with van der Waals surface area (Å²) >= 11 is 0. The van der Waals surface area contributed by atoms with Crippen molar-refractivity contribution in [3.8, 4) is 17.0 Å². The second kappa shape index (κ2) is 5.01. The molecule has 0 radical (unpaired) electrons. The van der Waals surface area contributed by atoms with Crippen LogP contribution in [0.15, 0.2) is 29.1 Å². The van der Waals surface area contributed by atoms with Gasteiger partial charge < -0.3 is 9.84 Å². The molecule has 0 saturated heterocycles. The Labute approximate surface area is 109 Å². The van der Waals surface area contributed by atoms with E-state index >= 15 is 0 Å². The van der Waals surface area contributed by atoms with Gasteiger partial charge in [-0.15, -0.1) is 0 Å². The lowest BCUT2D eigenvalue weighted by Crippen LogP contribution is -2.17. The first-order chi connectivity index (χ1) is 9.04. The van der Waals surface area contributed by atoms with E-state index in [1.165, 1.54) is 11.8 Å². The summed E-state index contributed by atoms with van der Waals surface area (Å²) in [5.74, 6) is -0.469. The highest BCUT2D eigenvalue weighted by Gasteiger charge is 2.19. The monoisotopic (exact) mass is 262 g/mol. The summed E-state index contributed by atoms with van der Waals surface area (Å²) in [5.41, 5.74) is 1.02. The first-order valence-corrected chi connectivity index (χ1v) is 5.67. The normalized spacial score (nSPS) is 10.4. The van der Waals surface area contributed by atoms with Gasteiger partial charge in [0, 0.05) is 12.6 Å². The van der Waals surface area contributed by atoms with Crippen LogP contribution in [0.25, 0.3) is 11.3 Å². The van der Waals surface area contributed by atoms with Gasteiger partial charge in [-0.25, -0.2) is 0 Å². The van der Waals surface area contributed by atoms with Gasteiger partial charge >= 0.3 is 5.97 Å². The summed E-state index contributed by atoms with van der Waals surface area (Å²) in [6, 6.07) is 7.13. The Bertz CT molecular complexity index is 670. The van der Waals surface area contributed by atoms with Crippen molar-refractivity contribution in [2.45, 2.75) is 6.42 Å². The average Bonchev–Trinajstić information content (AvgIpc) is 2.66. The minimum atomic E-state index is -1.05. The second-order valence-electron chi connectivity index (χ2n) is 4.10. The van der Waals surface area contributed by atoms with Crippen molar-refractivity contribution in [2.24, 2.45) is 7.05 Å². The van der Waals surface area contributed by atoms with Crippen molar-refractivity contribution >= 4 is 5.97 Å². The zero-order chi connectivity index (χ0) is 14.0. The molecule has 2 N–H and O–H groups in total. The van der Waals surface area contributed by atoms with Gasteiger partial charge in [-0.3, -0.25) is 19.4 Å². The summed E-state index contributed by atoms with van der Waals surface area (Å²) < 4.78 is 6.49. The van der Waals surface area contributed by atoms with Crippen LogP contribution in [0.4, 0.5) is 0 Å². The minimum absolute atomic E-state index is 0.222. The number of para-hydroxylation sites is 1. The molecule has 0 aliphatic carbocycles. The molecule has 6 nitrogen and oxygen atoms in total. The maximum Gasteiger partial charge on any atom is 0.308 e. The molecule has 0 aliphatic heterocycles. The van der Waals surface area contributed by atoms with Crippen LogP contribution in [-0.2, 0) is 18.3 Å². The van der Waals surface area contributed by atoms with Gasteiger partial charge in [-0.2, -0.15) is 0 Å². The highest BCUT2D eigenvalue weighted by molar-refractivity contribution is 5.76. The molecule has 0 unspecified atom stereocenters. The number of carboxylic acid groups (broad SMARTS) is 1. The quantitative estimate of drug-likeness (QED) is 0.861. The molecule has 6 heteroatoms. The van der Waals surface area contributed by atoms with E-state index in [2.05, 4.69) is 5.10 Å². The summed E-state index contributed by atoms with van der Waals surface area (Å²) in [5, 5.41) is 11.8. The fraction of sp³-hybridized carbons (Fsp3) is 0.231. The molecule has 0 atom stereocenters. The number of carbonyl (C=O) groups is 1. The molecule has 19 heavy (non-hydrogen) atoms. The van der Waals surface area contributed by atoms with E-state index in [0.29, 0.717) is 17.0 Å². The lowest BCUT2D eigenvalue weighted by atomic mass is 10.0. The third-order valence-electron chi connectivity index (χ3n) is 2.85. The number of aromatic amines is 1. The predicted octanol–water partition coefficient (Wildman–Crippen LogP) is 1.02. The number of carboxylic acids is 1. The number of H-pyrrole nitrogens is 1. The summed E-state index contributed by atoms with van der Waals surface area (Å²) in [6.07, 6.45) is -0.330. The van der Waals surface area contributed by atoms with Crippen LogP contribution in [0, 0.1) is 0 Å². The van der Waals surface area contributed by atoms with Gasteiger partial charge in [0.05, 0.1) is 24.8 Å². The maximum atomic E-state index is 11.9. The third kappa shape index (κ3) is 2.37.